The first kappa shape index (κ1) is 12.6. The molecule has 1 aliphatic rings. The summed E-state index contributed by atoms with van der Waals surface area (Å²) in [5.41, 5.74) is 6.55. The van der Waals surface area contributed by atoms with Gasteiger partial charge in [0.1, 0.15) is 0 Å². The van der Waals surface area contributed by atoms with Crippen molar-refractivity contribution in [3.63, 3.8) is 0 Å². The maximum atomic E-state index is 8.81. The molecule has 0 atom stereocenters. The Morgan fingerprint density at radius 3 is 3.00 bits per heavy atom. The molecule has 0 radical (unpaired) electrons. The summed E-state index contributed by atoms with van der Waals surface area (Å²) >= 11 is 0. The molecule has 6 nitrogen and oxygen atoms in total. The number of hydrogen-bond donors (Lipinski definition) is 2. The number of hydrogen-bond acceptors (Lipinski definition) is 5. The maximum Gasteiger partial charge on any atom is 0.173 e. The minimum atomic E-state index is 0.0725. The molecule has 0 saturated carbocycles. The number of nitrogens with two attached hydrogens (primary N) is 1. The van der Waals surface area contributed by atoms with Gasteiger partial charge in [-0.2, -0.15) is 5.10 Å². The van der Waals surface area contributed by atoms with Crippen LogP contribution < -0.4 is 10.6 Å². The zero-order chi connectivity index (χ0) is 13.2. The Morgan fingerprint density at radius 2 is 2.33 bits per heavy atom. The van der Waals surface area contributed by atoms with E-state index in [1.165, 1.54) is 6.42 Å². The average Bonchev–Trinajstić information content (AvgIpc) is 2.36. The summed E-state index contributed by atoms with van der Waals surface area (Å²) in [7, 11) is 0. The Kier molecular flexibility index (Phi) is 3.36. The molecule has 0 amide bonds. The predicted molar refractivity (Wildman–Crippen MR) is 69.8 cm³/mol. The first-order valence-corrected chi connectivity index (χ1v) is 6.08. The normalized spacial score (nSPS) is 19.9. The molecule has 0 bridgehead atoms. The molecule has 3 N–H and O–H groups in total. The van der Waals surface area contributed by atoms with Gasteiger partial charge in [-0.05, 0) is 24.3 Å². The molecular formula is C12H19N5O. The van der Waals surface area contributed by atoms with E-state index in [4.69, 9.17) is 10.9 Å². The van der Waals surface area contributed by atoms with Gasteiger partial charge in [0.2, 0.25) is 0 Å². The Morgan fingerprint density at radius 1 is 1.56 bits per heavy atom. The maximum absolute atomic E-state index is 8.81. The van der Waals surface area contributed by atoms with Gasteiger partial charge in [0.15, 0.2) is 11.7 Å². The molecule has 2 heterocycles. The van der Waals surface area contributed by atoms with E-state index in [0.717, 1.165) is 19.5 Å². The highest BCUT2D eigenvalue weighted by Crippen LogP contribution is 2.31. The largest absolute Gasteiger partial charge is 0.409 e. The van der Waals surface area contributed by atoms with Crippen molar-refractivity contribution < 1.29 is 5.21 Å². The molecular weight excluding hydrogens is 230 g/mol. The van der Waals surface area contributed by atoms with Gasteiger partial charge in [-0.25, -0.2) is 0 Å². The van der Waals surface area contributed by atoms with Crippen LogP contribution in [0.1, 0.15) is 32.3 Å². The Hall–Kier alpha value is -1.85. The fourth-order valence-corrected chi connectivity index (χ4v) is 2.42. The molecule has 1 aliphatic heterocycles. The van der Waals surface area contributed by atoms with Gasteiger partial charge < -0.3 is 15.8 Å². The molecule has 2 rings (SSSR count). The zero-order valence-corrected chi connectivity index (χ0v) is 10.8. The lowest BCUT2D eigenvalue weighted by Crippen LogP contribution is -2.41. The van der Waals surface area contributed by atoms with Gasteiger partial charge in [0.05, 0.1) is 11.8 Å². The lowest BCUT2D eigenvalue weighted by Gasteiger charge is -2.39. The van der Waals surface area contributed by atoms with Gasteiger partial charge in [-0.1, -0.05) is 19.0 Å². The van der Waals surface area contributed by atoms with E-state index in [1.54, 1.807) is 12.3 Å². The number of aromatic nitrogens is 2. The van der Waals surface area contributed by atoms with Crippen molar-refractivity contribution in [2.24, 2.45) is 16.3 Å². The number of anilines is 1. The minimum absolute atomic E-state index is 0.0725. The van der Waals surface area contributed by atoms with Gasteiger partial charge in [-0.3, -0.25) is 0 Å². The first-order valence-electron chi connectivity index (χ1n) is 6.08. The lowest BCUT2D eigenvalue weighted by atomic mass is 9.84. The van der Waals surface area contributed by atoms with Crippen molar-refractivity contribution in [2.45, 2.75) is 26.7 Å². The molecule has 1 aromatic rings. The summed E-state index contributed by atoms with van der Waals surface area (Å²) < 4.78 is 0. The molecule has 18 heavy (non-hydrogen) atoms. The van der Waals surface area contributed by atoms with Crippen LogP contribution in [0.15, 0.2) is 17.4 Å². The highest BCUT2D eigenvalue weighted by molar-refractivity contribution is 6.01. The summed E-state index contributed by atoms with van der Waals surface area (Å²) in [5, 5.41) is 19.9. The van der Waals surface area contributed by atoms with Crippen LogP contribution in [0.5, 0.6) is 0 Å². The van der Waals surface area contributed by atoms with E-state index in [0.29, 0.717) is 11.4 Å². The van der Waals surface area contributed by atoms with Gasteiger partial charge in [0.25, 0.3) is 0 Å². The van der Waals surface area contributed by atoms with Crippen molar-refractivity contribution in [2.75, 3.05) is 18.0 Å². The van der Waals surface area contributed by atoms with E-state index < -0.39 is 0 Å². The van der Waals surface area contributed by atoms with Crippen molar-refractivity contribution in [3.05, 3.63) is 17.8 Å². The third-order valence-corrected chi connectivity index (χ3v) is 3.28. The summed E-state index contributed by atoms with van der Waals surface area (Å²) in [6.45, 7) is 6.29. The first-order chi connectivity index (χ1) is 8.53. The van der Waals surface area contributed by atoms with Crippen LogP contribution in [0.2, 0.25) is 0 Å². The molecule has 1 aromatic heterocycles. The number of nitrogens with zero attached hydrogens (tertiary/aromatic N) is 4. The molecule has 0 aliphatic carbocycles. The van der Waals surface area contributed by atoms with E-state index in [9.17, 15) is 0 Å². The molecule has 0 unspecified atom stereocenters. The Balaban J connectivity index is 2.33. The van der Waals surface area contributed by atoms with Crippen LogP contribution >= 0.6 is 0 Å². The third kappa shape index (κ3) is 2.52. The molecule has 1 saturated heterocycles. The monoisotopic (exact) mass is 249 g/mol. The van der Waals surface area contributed by atoms with Crippen LogP contribution in [0.4, 0.5) is 5.82 Å². The minimum Gasteiger partial charge on any atom is -0.409 e. The van der Waals surface area contributed by atoms with Crippen molar-refractivity contribution >= 4 is 11.7 Å². The average molecular weight is 249 g/mol. The standard InChI is InChI=1S/C12H19N5O/c1-12(2)5-3-7-17(8-12)11-9(10(13)16-18)4-6-14-15-11/h4,6,18H,3,5,7-8H2,1-2H3,(H2,13,16). The summed E-state index contributed by atoms with van der Waals surface area (Å²) in [5.74, 6) is 0.767. The summed E-state index contributed by atoms with van der Waals surface area (Å²) in [6.07, 6.45) is 3.85. The Bertz CT molecular complexity index is 458. The second-order valence-electron chi connectivity index (χ2n) is 5.44. The van der Waals surface area contributed by atoms with E-state index in [-0.39, 0.29) is 11.3 Å². The summed E-state index contributed by atoms with van der Waals surface area (Å²) in [4.78, 5) is 2.16. The van der Waals surface area contributed by atoms with E-state index in [2.05, 4.69) is 34.1 Å². The second kappa shape index (κ2) is 4.80. The number of rotatable bonds is 2. The fourth-order valence-electron chi connectivity index (χ4n) is 2.42. The van der Waals surface area contributed by atoms with Crippen LogP contribution in [0, 0.1) is 5.41 Å². The SMILES string of the molecule is CC1(C)CCCN(c2nnccc2/C(N)=N/O)C1. The molecule has 0 spiro atoms. The molecule has 1 fully saturated rings. The highest BCUT2D eigenvalue weighted by atomic mass is 16.4. The number of amidine groups is 1. The topological polar surface area (TPSA) is 87.6 Å². The van der Waals surface area contributed by atoms with Gasteiger partial charge in [-0.15, -0.1) is 5.10 Å². The van der Waals surface area contributed by atoms with E-state index in [1.807, 2.05) is 0 Å². The number of oxime groups is 1. The van der Waals surface area contributed by atoms with E-state index >= 15 is 0 Å². The quantitative estimate of drug-likeness (QED) is 0.356. The molecule has 0 aromatic carbocycles. The van der Waals surface area contributed by atoms with Crippen molar-refractivity contribution in [3.8, 4) is 0 Å². The Labute approximate surface area is 106 Å². The van der Waals surface area contributed by atoms with Crippen LogP contribution in [-0.4, -0.2) is 34.3 Å². The second-order valence-corrected chi connectivity index (χ2v) is 5.44. The lowest BCUT2D eigenvalue weighted by molar-refractivity contribution is 0.291. The zero-order valence-electron chi connectivity index (χ0n) is 10.8. The fraction of sp³-hybridized carbons (Fsp3) is 0.583. The van der Waals surface area contributed by atoms with Crippen LogP contribution in [0.3, 0.4) is 0 Å². The van der Waals surface area contributed by atoms with Gasteiger partial charge in [0, 0.05) is 13.1 Å². The third-order valence-electron chi connectivity index (χ3n) is 3.28. The van der Waals surface area contributed by atoms with Crippen molar-refractivity contribution in [1.29, 1.82) is 0 Å². The smallest absolute Gasteiger partial charge is 0.173 e. The number of piperidine rings is 1. The molecule has 6 heteroatoms. The van der Waals surface area contributed by atoms with Crippen LogP contribution in [0.25, 0.3) is 0 Å². The predicted octanol–water partition coefficient (Wildman–Crippen LogP) is 1.20. The highest BCUT2D eigenvalue weighted by Gasteiger charge is 2.28. The summed E-state index contributed by atoms with van der Waals surface area (Å²) in [6, 6.07) is 1.72. The molecule has 98 valence electrons. The van der Waals surface area contributed by atoms with Crippen LogP contribution in [-0.2, 0) is 0 Å². The van der Waals surface area contributed by atoms with Gasteiger partial charge >= 0.3 is 0 Å². The van der Waals surface area contributed by atoms with Crippen molar-refractivity contribution in [1.82, 2.24) is 10.2 Å².